The van der Waals surface area contributed by atoms with E-state index >= 15 is 0 Å². The van der Waals surface area contributed by atoms with Gasteiger partial charge in [-0.3, -0.25) is 0 Å². The zero-order chi connectivity index (χ0) is 5.15. The fraction of sp³-hybridized carbons (Fsp3) is 0. The van der Waals surface area contributed by atoms with Crippen molar-refractivity contribution < 1.29 is 103 Å². The van der Waals surface area contributed by atoms with Gasteiger partial charge in [0.2, 0.25) is 0 Å². The van der Waals surface area contributed by atoms with Gasteiger partial charge in [-0.15, -0.1) is 0 Å². The fourth-order valence-corrected chi connectivity index (χ4v) is 0. The zero-order valence-electron chi connectivity index (χ0n) is 3.63. The molecule has 0 rings (SSSR count). The van der Waals surface area contributed by atoms with Crippen LogP contribution in [0.25, 0.3) is 0 Å². The average molecular weight is 368 g/mol. The molecule has 0 radical (unpaired) electrons. The molecule has 0 N–H and O–H groups in total. The second-order valence-electron chi connectivity index (χ2n) is 0.575. The molecule has 4 nitrogen and oxygen atoms in total. The van der Waals surface area contributed by atoms with E-state index < -0.39 is 11.9 Å². The van der Waals surface area contributed by atoms with Gasteiger partial charge >= 0.3 is 0 Å². The second kappa shape index (κ2) is 8.69. The third-order valence-electron chi connectivity index (χ3n) is 0.167. The molecule has 6 heteroatoms. The first kappa shape index (κ1) is 16.4. The van der Waals surface area contributed by atoms with Crippen molar-refractivity contribution in [3.63, 3.8) is 0 Å². The molecular formula is C2Ce2O4-2. The van der Waals surface area contributed by atoms with Crippen molar-refractivity contribution in [2.45, 2.75) is 0 Å². The third kappa shape index (κ3) is 10.6. The van der Waals surface area contributed by atoms with Crippen LogP contribution in [0.5, 0.6) is 0 Å². The Morgan fingerprint density at radius 1 is 0.875 bits per heavy atom. The Labute approximate surface area is 113 Å². The minimum atomic E-state index is -2.19. The SMILES string of the molecule is O=C([O-])C(=O)[O-].[Ce].[Ce]. The van der Waals surface area contributed by atoms with Crippen LogP contribution in [-0.4, -0.2) is 11.9 Å². The summed E-state index contributed by atoms with van der Waals surface area (Å²) in [5.74, 6) is -4.37. The first-order valence-electron chi connectivity index (χ1n) is 1.07. The van der Waals surface area contributed by atoms with Gasteiger partial charge in [-0.1, -0.05) is 0 Å². The van der Waals surface area contributed by atoms with Gasteiger partial charge in [0.1, 0.15) is 0 Å². The normalized spacial score (nSPS) is 5.50. The van der Waals surface area contributed by atoms with Crippen LogP contribution in [-0.2, 0) is 9.59 Å². The summed E-state index contributed by atoms with van der Waals surface area (Å²) < 4.78 is 0. The van der Waals surface area contributed by atoms with Crippen molar-refractivity contribution in [3.8, 4) is 0 Å². The Morgan fingerprint density at radius 2 is 1.00 bits per heavy atom. The standard InChI is InChI=1S/C2H2O4.2Ce/c3-1(4)2(5)6;;/h(H,3,4)(H,5,6);;/p-2. The number of rotatable bonds is 0. The van der Waals surface area contributed by atoms with Crippen molar-refractivity contribution in [1.82, 2.24) is 0 Å². The number of aliphatic carboxylic acids is 2. The Bertz CT molecular complexity index is 78.0. The maximum absolute atomic E-state index is 8.93. The predicted molar refractivity (Wildman–Crippen MR) is 10.0 cm³/mol. The van der Waals surface area contributed by atoms with Gasteiger partial charge in [0.05, 0.1) is 11.9 Å². The fourth-order valence-electron chi connectivity index (χ4n) is 0. The van der Waals surface area contributed by atoms with Gasteiger partial charge in [-0.25, -0.2) is 0 Å². The van der Waals surface area contributed by atoms with Crippen molar-refractivity contribution >= 4 is 11.9 Å². The molecule has 0 atom stereocenters. The van der Waals surface area contributed by atoms with Gasteiger partial charge in [0, 0.05) is 83.5 Å². The first-order chi connectivity index (χ1) is 2.64. The van der Waals surface area contributed by atoms with Gasteiger partial charge in [-0.05, 0) is 0 Å². The third-order valence-corrected chi connectivity index (χ3v) is 0.167. The summed E-state index contributed by atoms with van der Waals surface area (Å²) in [6.07, 6.45) is 0. The van der Waals surface area contributed by atoms with Gasteiger partial charge in [0.15, 0.2) is 0 Å². The monoisotopic (exact) mass is 368 g/mol. The molecule has 0 fully saturated rings. The average Bonchev–Trinajstić information content (AvgIpc) is 1.36. The molecule has 42 valence electrons. The number of carboxylic acid groups (broad SMARTS) is 2. The summed E-state index contributed by atoms with van der Waals surface area (Å²) in [5.41, 5.74) is 0. The van der Waals surface area contributed by atoms with Crippen molar-refractivity contribution in [1.29, 1.82) is 0 Å². The molecule has 0 heterocycles. The van der Waals surface area contributed by atoms with Crippen LogP contribution < -0.4 is 10.2 Å². The topological polar surface area (TPSA) is 80.3 Å². The molecule has 0 bridgehead atoms. The first-order valence-corrected chi connectivity index (χ1v) is 1.07. The van der Waals surface area contributed by atoms with E-state index in [0.29, 0.717) is 0 Å². The number of carbonyl (C=O) groups excluding carboxylic acids is 2. The van der Waals surface area contributed by atoms with E-state index in [1.165, 1.54) is 0 Å². The van der Waals surface area contributed by atoms with E-state index in [-0.39, 0.29) is 83.5 Å². The molecule has 0 unspecified atom stereocenters. The summed E-state index contributed by atoms with van der Waals surface area (Å²) in [6, 6.07) is 0. The molecule has 0 aliphatic carbocycles. The molecule has 8 heavy (non-hydrogen) atoms. The molecule has 0 aromatic carbocycles. The maximum Gasteiger partial charge on any atom is 0.0870 e. The molecule has 0 aliphatic heterocycles. The summed E-state index contributed by atoms with van der Waals surface area (Å²) in [4.78, 5) is 17.9. The molecule has 0 spiro atoms. The Balaban J connectivity index is -0.000000125. The van der Waals surface area contributed by atoms with E-state index in [0.717, 1.165) is 0 Å². The largest absolute Gasteiger partial charge is 0.543 e. The molecule has 0 amide bonds. The van der Waals surface area contributed by atoms with Crippen LogP contribution >= 0.6 is 0 Å². The number of carboxylic acids is 2. The van der Waals surface area contributed by atoms with Gasteiger partial charge in [-0.2, -0.15) is 0 Å². The molecular weight excluding hydrogens is 368 g/mol. The summed E-state index contributed by atoms with van der Waals surface area (Å²) in [5, 5.41) is 17.9. The Hall–Kier alpha value is 1.69. The van der Waals surface area contributed by atoms with E-state index in [4.69, 9.17) is 19.8 Å². The Morgan fingerprint density at radius 3 is 1.00 bits per heavy atom. The van der Waals surface area contributed by atoms with Crippen LogP contribution in [0.4, 0.5) is 0 Å². The van der Waals surface area contributed by atoms with E-state index in [9.17, 15) is 0 Å². The molecule has 0 aliphatic rings. The van der Waals surface area contributed by atoms with Crippen molar-refractivity contribution in [2.75, 3.05) is 0 Å². The smallest absolute Gasteiger partial charge is 0.0870 e. The summed E-state index contributed by atoms with van der Waals surface area (Å²) in [7, 11) is 0. The van der Waals surface area contributed by atoms with E-state index in [1.54, 1.807) is 0 Å². The quantitative estimate of drug-likeness (QED) is 0.416. The van der Waals surface area contributed by atoms with Crippen LogP contribution in [0.2, 0.25) is 0 Å². The van der Waals surface area contributed by atoms with Crippen LogP contribution in [0.1, 0.15) is 0 Å². The molecule has 0 saturated carbocycles. The predicted octanol–water partition coefficient (Wildman–Crippen LogP) is -3.51. The minimum absolute atomic E-state index is 0. The molecule has 0 saturated heterocycles. The van der Waals surface area contributed by atoms with Gasteiger partial charge in [0.25, 0.3) is 0 Å². The molecule has 0 aromatic heterocycles. The number of hydrogen-bond acceptors (Lipinski definition) is 4. The number of hydrogen-bond donors (Lipinski definition) is 0. The van der Waals surface area contributed by atoms with E-state index in [1.807, 2.05) is 0 Å². The summed E-state index contributed by atoms with van der Waals surface area (Å²) in [6.45, 7) is 0. The zero-order valence-corrected chi connectivity index (χ0v) is 9.91. The Kier molecular flexibility index (Phi) is 17.8. The second-order valence-corrected chi connectivity index (χ2v) is 0.575. The van der Waals surface area contributed by atoms with Crippen molar-refractivity contribution in [2.24, 2.45) is 0 Å². The summed E-state index contributed by atoms with van der Waals surface area (Å²) >= 11 is 0. The van der Waals surface area contributed by atoms with E-state index in [2.05, 4.69) is 0 Å². The van der Waals surface area contributed by atoms with Crippen LogP contribution in [0.15, 0.2) is 0 Å². The van der Waals surface area contributed by atoms with Crippen molar-refractivity contribution in [3.05, 3.63) is 0 Å². The van der Waals surface area contributed by atoms with Gasteiger partial charge < -0.3 is 19.8 Å². The minimum Gasteiger partial charge on any atom is -0.543 e. The maximum atomic E-state index is 8.93. The van der Waals surface area contributed by atoms with Crippen LogP contribution in [0.3, 0.4) is 0 Å². The molecule has 0 aromatic rings. The van der Waals surface area contributed by atoms with Crippen LogP contribution in [0, 0.1) is 83.5 Å². The number of carbonyl (C=O) groups is 2.